The summed E-state index contributed by atoms with van der Waals surface area (Å²) in [5, 5.41) is 21.1. The maximum Gasteiger partial charge on any atom is 0.184 e. The average molecular weight is 451 g/mol. The van der Waals surface area contributed by atoms with Gasteiger partial charge in [0.05, 0.1) is 26.4 Å². The van der Waals surface area contributed by atoms with Crippen molar-refractivity contribution in [1.29, 1.82) is 0 Å². The van der Waals surface area contributed by atoms with Crippen molar-refractivity contribution in [1.82, 2.24) is 0 Å². The van der Waals surface area contributed by atoms with E-state index in [1.54, 1.807) is 0 Å². The molecule has 0 aromatic heterocycles. The molecule has 5 atom stereocenters. The summed E-state index contributed by atoms with van der Waals surface area (Å²) < 4.78 is 23.9. The van der Waals surface area contributed by atoms with Crippen LogP contribution in [0, 0.1) is 0 Å². The lowest BCUT2D eigenvalue weighted by Gasteiger charge is -2.42. The maximum absolute atomic E-state index is 10.7. The standard InChI is InChI=1S/C27H30O6/c28-24-26(32-18-22-14-8-3-9-15-22)25(31-17-21-12-6-2-7-13-21)23(33-27(24)29)19-30-16-20-10-4-1-5-11-20/h1-15,23-29H,16-19H2/t23?,24-,25-,26?,27+/m0/s1. The van der Waals surface area contributed by atoms with Crippen LogP contribution in [-0.2, 0) is 38.8 Å². The molecular weight excluding hydrogens is 420 g/mol. The molecule has 1 fully saturated rings. The Morgan fingerprint density at radius 1 is 0.606 bits per heavy atom. The third-order valence-electron chi connectivity index (χ3n) is 5.60. The first-order valence-corrected chi connectivity index (χ1v) is 11.1. The predicted molar refractivity (Wildman–Crippen MR) is 123 cm³/mol. The maximum atomic E-state index is 10.7. The van der Waals surface area contributed by atoms with E-state index in [-0.39, 0.29) is 13.2 Å². The van der Waals surface area contributed by atoms with Crippen molar-refractivity contribution in [3.8, 4) is 0 Å². The fourth-order valence-electron chi connectivity index (χ4n) is 3.84. The minimum atomic E-state index is -1.40. The SMILES string of the molecule is O[C@@H]1OC(COCc2ccccc2)[C@H](OCc2ccccc2)C(OCc2ccccc2)[C@@H]1O. The van der Waals surface area contributed by atoms with Gasteiger partial charge in [-0.05, 0) is 16.7 Å². The second kappa shape index (κ2) is 12.0. The van der Waals surface area contributed by atoms with E-state index in [0.29, 0.717) is 13.2 Å². The second-order valence-corrected chi connectivity index (χ2v) is 8.08. The smallest absolute Gasteiger partial charge is 0.184 e. The van der Waals surface area contributed by atoms with Gasteiger partial charge < -0.3 is 29.2 Å². The topological polar surface area (TPSA) is 77.4 Å². The molecule has 0 spiro atoms. The van der Waals surface area contributed by atoms with E-state index in [9.17, 15) is 10.2 Å². The zero-order valence-corrected chi connectivity index (χ0v) is 18.4. The lowest BCUT2D eigenvalue weighted by Crippen LogP contribution is -2.60. The molecule has 6 nitrogen and oxygen atoms in total. The molecule has 174 valence electrons. The van der Waals surface area contributed by atoms with E-state index in [4.69, 9.17) is 18.9 Å². The Morgan fingerprint density at radius 2 is 1.06 bits per heavy atom. The third-order valence-corrected chi connectivity index (χ3v) is 5.60. The molecule has 2 unspecified atom stereocenters. The lowest BCUT2D eigenvalue weighted by molar-refractivity contribution is -0.307. The number of hydrogen-bond donors (Lipinski definition) is 2. The van der Waals surface area contributed by atoms with Crippen molar-refractivity contribution in [2.75, 3.05) is 6.61 Å². The first kappa shape index (κ1) is 23.6. The Morgan fingerprint density at radius 3 is 1.58 bits per heavy atom. The minimum Gasteiger partial charge on any atom is -0.385 e. The van der Waals surface area contributed by atoms with Gasteiger partial charge >= 0.3 is 0 Å². The Bertz CT molecular complexity index is 937. The van der Waals surface area contributed by atoms with Crippen LogP contribution < -0.4 is 0 Å². The van der Waals surface area contributed by atoms with Gasteiger partial charge in [0.2, 0.25) is 0 Å². The Balaban J connectivity index is 1.46. The highest BCUT2D eigenvalue weighted by atomic mass is 16.7. The van der Waals surface area contributed by atoms with Crippen LogP contribution in [0.3, 0.4) is 0 Å². The van der Waals surface area contributed by atoms with E-state index in [1.807, 2.05) is 91.0 Å². The first-order chi connectivity index (χ1) is 16.2. The molecule has 0 amide bonds. The average Bonchev–Trinajstić information content (AvgIpc) is 2.86. The molecule has 3 aromatic rings. The molecule has 1 aliphatic rings. The van der Waals surface area contributed by atoms with Gasteiger partial charge in [0.1, 0.15) is 24.4 Å². The molecule has 1 aliphatic heterocycles. The lowest BCUT2D eigenvalue weighted by atomic mass is 9.98. The van der Waals surface area contributed by atoms with Crippen LogP contribution >= 0.6 is 0 Å². The zero-order valence-electron chi connectivity index (χ0n) is 18.4. The summed E-state index contributed by atoms with van der Waals surface area (Å²) in [4.78, 5) is 0. The Labute approximate surface area is 194 Å². The van der Waals surface area contributed by atoms with Gasteiger partial charge in [-0.15, -0.1) is 0 Å². The summed E-state index contributed by atoms with van der Waals surface area (Å²) >= 11 is 0. The monoisotopic (exact) mass is 450 g/mol. The van der Waals surface area contributed by atoms with Gasteiger partial charge in [-0.1, -0.05) is 91.0 Å². The van der Waals surface area contributed by atoms with E-state index in [1.165, 1.54) is 0 Å². The summed E-state index contributed by atoms with van der Waals surface area (Å²) in [5.41, 5.74) is 2.99. The summed E-state index contributed by atoms with van der Waals surface area (Å²) in [6, 6.07) is 29.3. The summed E-state index contributed by atoms with van der Waals surface area (Å²) in [7, 11) is 0. The fraction of sp³-hybridized carbons (Fsp3) is 0.333. The number of hydrogen-bond acceptors (Lipinski definition) is 6. The van der Waals surface area contributed by atoms with Crippen LogP contribution in [0.1, 0.15) is 16.7 Å². The predicted octanol–water partition coefficient (Wildman–Crippen LogP) is 3.45. The normalized spacial score (nSPS) is 25.1. The van der Waals surface area contributed by atoms with Crippen molar-refractivity contribution in [2.45, 2.75) is 50.5 Å². The first-order valence-electron chi connectivity index (χ1n) is 11.1. The van der Waals surface area contributed by atoms with Crippen LogP contribution in [0.4, 0.5) is 0 Å². The fourth-order valence-corrected chi connectivity index (χ4v) is 3.84. The van der Waals surface area contributed by atoms with E-state index >= 15 is 0 Å². The molecular formula is C27H30O6. The van der Waals surface area contributed by atoms with Crippen LogP contribution in [0.25, 0.3) is 0 Å². The van der Waals surface area contributed by atoms with E-state index < -0.39 is 30.7 Å². The van der Waals surface area contributed by atoms with Crippen molar-refractivity contribution in [3.05, 3.63) is 108 Å². The van der Waals surface area contributed by atoms with Crippen LogP contribution in [0.2, 0.25) is 0 Å². The number of benzene rings is 3. The third kappa shape index (κ3) is 6.71. The molecule has 3 aromatic carbocycles. The van der Waals surface area contributed by atoms with Crippen LogP contribution in [0.5, 0.6) is 0 Å². The molecule has 33 heavy (non-hydrogen) atoms. The van der Waals surface area contributed by atoms with Gasteiger partial charge in [0.25, 0.3) is 0 Å². The van der Waals surface area contributed by atoms with Gasteiger partial charge in [0.15, 0.2) is 6.29 Å². The summed E-state index contributed by atoms with van der Waals surface area (Å²) in [6.07, 6.45) is -4.68. The number of aliphatic hydroxyl groups is 2. The Hall–Kier alpha value is -2.58. The highest BCUT2D eigenvalue weighted by molar-refractivity contribution is 5.15. The van der Waals surface area contributed by atoms with E-state index in [0.717, 1.165) is 16.7 Å². The molecule has 1 heterocycles. The zero-order chi connectivity index (χ0) is 22.9. The molecule has 2 N–H and O–H groups in total. The molecule has 0 saturated carbocycles. The molecule has 6 heteroatoms. The Kier molecular flexibility index (Phi) is 8.60. The van der Waals surface area contributed by atoms with Crippen molar-refractivity contribution in [2.24, 2.45) is 0 Å². The van der Waals surface area contributed by atoms with Crippen molar-refractivity contribution in [3.63, 3.8) is 0 Å². The molecule has 1 saturated heterocycles. The summed E-state index contributed by atoms with van der Waals surface area (Å²) in [6.45, 7) is 1.18. The molecule has 4 rings (SSSR count). The number of rotatable bonds is 10. The minimum absolute atomic E-state index is 0.184. The second-order valence-electron chi connectivity index (χ2n) is 8.08. The molecule has 0 bridgehead atoms. The van der Waals surface area contributed by atoms with Crippen molar-refractivity contribution >= 4 is 0 Å². The molecule has 0 aliphatic carbocycles. The molecule has 0 radical (unpaired) electrons. The van der Waals surface area contributed by atoms with Gasteiger partial charge in [-0.3, -0.25) is 0 Å². The van der Waals surface area contributed by atoms with Crippen LogP contribution in [-0.4, -0.2) is 47.5 Å². The largest absolute Gasteiger partial charge is 0.385 e. The van der Waals surface area contributed by atoms with Crippen LogP contribution in [0.15, 0.2) is 91.0 Å². The van der Waals surface area contributed by atoms with Gasteiger partial charge in [-0.25, -0.2) is 0 Å². The van der Waals surface area contributed by atoms with Gasteiger partial charge in [0, 0.05) is 0 Å². The quantitative estimate of drug-likeness (QED) is 0.493. The highest BCUT2D eigenvalue weighted by Crippen LogP contribution is 2.27. The number of ether oxygens (including phenoxy) is 4. The number of aliphatic hydroxyl groups excluding tert-OH is 2. The summed E-state index contributed by atoms with van der Waals surface area (Å²) in [5.74, 6) is 0. The highest BCUT2D eigenvalue weighted by Gasteiger charge is 2.46. The van der Waals surface area contributed by atoms with Gasteiger partial charge in [-0.2, -0.15) is 0 Å². The van der Waals surface area contributed by atoms with E-state index in [2.05, 4.69) is 0 Å². The van der Waals surface area contributed by atoms with Crippen molar-refractivity contribution < 1.29 is 29.2 Å².